The third kappa shape index (κ3) is 5.09. The van der Waals surface area contributed by atoms with Crippen molar-refractivity contribution >= 4 is 23.8 Å². The fourth-order valence-electron chi connectivity index (χ4n) is 2.42. The van der Waals surface area contributed by atoms with Crippen LogP contribution in [0.5, 0.6) is 0 Å². The van der Waals surface area contributed by atoms with Crippen LogP contribution in [0.3, 0.4) is 0 Å². The summed E-state index contributed by atoms with van der Waals surface area (Å²) in [7, 11) is 0. The van der Waals surface area contributed by atoms with E-state index in [1.54, 1.807) is 0 Å². The van der Waals surface area contributed by atoms with E-state index in [1.807, 2.05) is 6.20 Å². The largest absolute Gasteiger partial charge is 0.359 e. The van der Waals surface area contributed by atoms with Crippen molar-refractivity contribution in [2.45, 2.75) is 47.0 Å². The normalized spacial score (nSPS) is 14.5. The molecule has 1 nitrogen and oxygen atoms in total. The number of hydrogen-bond acceptors (Lipinski definition) is 1. The molecule has 1 N–H and O–H groups in total. The fourth-order valence-corrected chi connectivity index (χ4v) is 2.50. The van der Waals surface area contributed by atoms with Crippen LogP contribution in [0.15, 0.2) is 24.4 Å². The average molecular weight is 289 g/mol. The summed E-state index contributed by atoms with van der Waals surface area (Å²) in [6.45, 7) is 11.4. The Bertz CT molecular complexity index is 462. The van der Waals surface area contributed by atoms with Crippen LogP contribution in [0.1, 0.15) is 56.7 Å². The Morgan fingerprint density at radius 1 is 1.20 bits per heavy atom. The first-order valence-corrected chi connectivity index (χ1v) is 7.89. The summed E-state index contributed by atoms with van der Waals surface area (Å²) in [5, 5.41) is 2.95. The van der Waals surface area contributed by atoms with Crippen LogP contribution in [0.2, 0.25) is 0 Å². The predicted molar refractivity (Wildman–Crippen MR) is 94.0 cm³/mol. The molecule has 0 saturated heterocycles. The summed E-state index contributed by atoms with van der Waals surface area (Å²) < 4.78 is 0. The van der Waals surface area contributed by atoms with Gasteiger partial charge in [0.15, 0.2) is 0 Å². The summed E-state index contributed by atoms with van der Waals surface area (Å²) in [5.41, 5.74) is 5.53. The molecular formula is C18H27NS. The van der Waals surface area contributed by atoms with Crippen LogP contribution >= 0.6 is 12.2 Å². The van der Waals surface area contributed by atoms with Crippen molar-refractivity contribution in [2.75, 3.05) is 0 Å². The molecule has 0 aromatic heterocycles. The van der Waals surface area contributed by atoms with Gasteiger partial charge in [0.05, 0.1) is 5.49 Å². The molecular weight excluding hydrogens is 262 g/mol. The summed E-state index contributed by atoms with van der Waals surface area (Å²) in [4.78, 5) is 0. The van der Waals surface area contributed by atoms with Gasteiger partial charge < -0.3 is 5.32 Å². The van der Waals surface area contributed by atoms with Crippen molar-refractivity contribution in [3.8, 4) is 0 Å². The molecule has 0 aliphatic carbocycles. The number of thiocarbonyl (C=S) groups is 1. The summed E-state index contributed by atoms with van der Waals surface area (Å²) in [5.74, 6) is 2.04. The fraction of sp³-hybridized carbons (Fsp3) is 0.500. The first-order valence-electron chi connectivity index (χ1n) is 7.42. The lowest BCUT2D eigenvalue weighted by Gasteiger charge is -2.22. The maximum absolute atomic E-state index is 4.78. The average Bonchev–Trinajstić information content (AvgIpc) is 2.38. The van der Waals surface area contributed by atoms with Gasteiger partial charge in [-0.05, 0) is 48.3 Å². The smallest absolute Gasteiger partial charge is 0.0654 e. The van der Waals surface area contributed by atoms with Gasteiger partial charge in [-0.3, -0.25) is 0 Å². The minimum atomic E-state index is 0.570. The zero-order valence-electron chi connectivity index (χ0n) is 13.3. The second-order valence-electron chi connectivity index (χ2n) is 6.11. The molecule has 20 heavy (non-hydrogen) atoms. The van der Waals surface area contributed by atoms with E-state index in [-0.39, 0.29) is 0 Å². The molecule has 0 radical (unpaired) electrons. The minimum Gasteiger partial charge on any atom is -0.359 e. The Balaban J connectivity index is 2.95. The summed E-state index contributed by atoms with van der Waals surface area (Å²) >= 11 is 4.78. The van der Waals surface area contributed by atoms with Crippen molar-refractivity contribution in [1.29, 1.82) is 0 Å². The van der Waals surface area contributed by atoms with Crippen LogP contribution < -0.4 is 5.32 Å². The third-order valence-electron chi connectivity index (χ3n) is 4.06. The van der Waals surface area contributed by atoms with Crippen molar-refractivity contribution in [3.63, 3.8) is 0 Å². The standard InChI is InChI=1S/C18H27NS/c1-13(2)15(4)11-16(5)18-7-6-14(3)10-17(18)8-9-19-12-20/h6-10,12-13,15-16H,11H2,1-5H3,(H,19,20)/b9-8-. The molecule has 110 valence electrons. The second kappa shape index (κ2) is 8.21. The number of rotatable bonds is 7. The van der Waals surface area contributed by atoms with Crippen molar-refractivity contribution < 1.29 is 0 Å². The number of benzene rings is 1. The SMILES string of the molecule is Cc1ccc(C(C)CC(C)C(C)C)c(/C=C\NC=S)c1. The molecule has 2 atom stereocenters. The maximum atomic E-state index is 4.78. The van der Waals surface area contributed by atoms with E-state index < -0.39 is 0 Å². The molecule has 0 fully saturated rings. The van der Waals surface area contributed by atoms with Gasteiger partial charge in [0.2, 0.25) is 0 Å². The van der Waals surface area contributed by atoms with E-state index in [2.05, 4.69) is 64.2 Å². The van der Waals surface area contributed by atoms with E-state index >= 15 is 0 Å². The highest BCUT2D eigenvalue weighted by Crippen LogP contribution is 2.30. The predicted octanol–water partition coefficient (Wildman–Crippen LogP) is 5.30. The molecule has 2 heteroatoms. The first kappa shape index (κ1) is 16.9. The van der Waals surface area contributed by atoms with Crippen molar-refractivity contribution in [1.82, 2.24) is 5.32 Å². The van der Waals surface area contributed by atoms with Crippen molar-refractivity contribution in [2.24, 2.45) is 11.8 Å². The molecule has 0 bridgehead atoms. The van der Waals surface area contributed by atoms with Crippen LogP contribution in [-0.2, 0) is 0 Å². The first-order chi connectivity index (χ1) is 9.45. The number of nitrogens with one attached hydrogen (secondary N) is 1. The van der Waals surface area contributed by atoms with Crippen molar-refractivity contribution in [3.05, 3.63) is 41.1 Å². The van der Waals surface area contributed by atoms with Gasteiger partial charge in [-0.25, -0.2) is 0 Å². The molecule has 2 unspecified atom stereocenters. The van der Waals surface area contributed by atoms with Gasteiger partial charge in [-0.15, -0.1) is 0 Å². The highest BCUT2D eigenvalue weighted by Gasteiger charge is 2.15. The molecule has 0 spiro atoms. The molecule has 0 heterocycles. The van der Waals surface area contributed by atoms with Gasteiger partial charge in [-0.2, -0.15) is 0 Å². The Labute approximate surface area is 129 Å². The van der Waals surface area contributed by atoms with Crippen LogP contribution in [0.25, 0.3) is 6.08 Å². The van der Waals surface area contributed by atoms with Gasteiger partial charge in [0.1, 0.15) is 0 Å². The monoisotopic (exact) mass is 289 g/mol. The second-order valence-corrected chi connectivity index (χ2v) is 6.34. The van der Waals surface area contributed by atoms with E-state index in [9.17, 15) is 0 Å². The lowest BCUT2D eigenvalue weighted by atomic mass is 9.83. The quantitative estimate of drug-likeness (QED) is 0.684. The minimum absolute atomic E-state index is 0.570. The third-order valence-corrected chi connectivity index (χ3v) is 4.20. The van der Waals surface area contributed by atoms with E-state index in [0.717, 1.165) is 11.8 Å². The molecule has 0 aliphatic rings. The van der Waals surface area contributed by atoms with Gasteiger partial charge in [0.25, 0.3) is 0 Å². The molecule has 1 rings (SSSR count). The molecule has 0 saturated carbocycles. The Morgan fingerprint density at radius 2 is 1.90 bits per heavy atom. The van der Waals surface area contributed by atoms with Crippen LogP contribution in [-0.4, -0.2) is 5.49 Å². The van der Waals surface area contributed by atoms with E-state index in [4.69, 9.17) is 12.2 Å². The van der Waals surface area contributed by atoms with E-state index in [0.29, 0.717) is 5.92 Å². The van der Waals surface area contributed by atoms with Crippen LogP contribution in [0.4, 0.5) is 0 Å². The zero-order valence-corrected chi connectivity index (χ0v) is 14.1. The topological polar surface area (TPSA) is 12.0 Å². The summed E-state index contributed by atoms with van der Waals surface area (Å²) in [6, 6.07) is 6.72. The molecule has 1 aromatic carbocycles. The highest BCUT2D eigenvalue weighted by atomic mass is 32.1. The maximum Gasteiger partial charge on any atom is 0.0654 e. The Kier molecular flexibility index (Phi) is 6.94. The van der Waals surface area contributed by atoms with E-state index in [1.165, 1.54) is 28.6 Å². The summed E-state index contributed by atoms with van der Waals surface area (Å²) in [6.07, 6.45) is 5.24. The molecule has 1 aromatic rings. The number of hydrogen-bond donors (Lipinski definition) is 1. The number of aryl methyl sites for hydroxylation is 1. The lowest BCUT2D eigenvalue weighted by Crippen LogP contribution is -2.09. The highest BCUT2D eigenvalue weighted by molar-refractivity contribution is 7.78. The Hall–Kier alpha value is -1.15. The van der Waals surface area contributed by atoms with Gasteiger partial charge in [0, 0.05) is 6.20 Å². The zero-order chi connectivity index (χ0) is 15.1. The molecule has 0 amide bonds. The Morgan fingerprint density at radius 3 is 2.50 bits per heavy atom. The van der Waals surface area contributed by atoms with Crippen LogP contribution in [0, 0.1) is 18.8 Å². The molecule has 0 aliphatic heterocycles. The van der Waals surface area contributed by atoms with Gasteiger partial charge in [-0.1, -0.05) is 63.7 Å². The van der Waals surface area contributed by atoms with Gasteiger partial charge >= 0.3 is 0 Å². The lowest BCUT2D eigenvalue weighted by molar-refractivity contribution is 0.368.